The highest BCUT2D eigenvalue weighted by Gasteiger charge is 2.25. The quantitative estimate of drug-likeness (QED) is 0.773. The number of ether oxygens (including phenoxy) is 1. The van der Waals surface area contributed by atoms with Crippen molar-refractivity contribution in [2.45, 2.75) is 25.7 Å². The highest BCUT2D eigenvalue weighted by molar-refractivity contribution is 7.89. The summed E-state index contributed by atoms with van der Waals surface area (Å²) in [5, 5.41) is 0. The van der Waals surface area contributed by atoms with Gasteiger partial charge in [-0.3, -0.25) is 4.99 Å². The smallest absolute Gasteiger partial charge is 0.243 e. The molecule has 0 bridgehead atoms. The number of rotatable bonds is 4. The maximum atomic E-state index is 12.6. The Morgan fingerprint density at radius 1 is 1.00 bits per heavy atom. The molecule has 138 valence electrons. The summed E-state index contributed by atoms with van der Waals surface area (Å²) >= 11 is 0. The van der Waals surface area contributed by atoms with Gasteiger partial charge in [0.2, 0.25) is 10.0 Å². The van der Waals surface area contributed by atoms with Gasteiger partial charge in [-0.05, 0) is 61.7 Å². The van der Waals surface area contributed by atoms with Crippen molar-refractivity contribution in [2.75, 3.05) is 26.3 Å². The van der Waals surface area contributed by atoms with Crippen molar-refractivity contribution in [3.05, 3.63) is 58.7 Å². The van der Waals surface area contributed by atoms with Crippen LogP contribution >= 0.6 is 0 Å². The lowest BCUT2D eigenvalue weighted by molar-refractivity contribution is 0.0730. The SMILES string of the molecule is Cc1cc(C)c(C=Nc2ccc(S(=O)(=O)N3CCOCC3)cc2)c(C)c1. The van der Waals surface area contributed by atoms with Crippen molar-refractivity contribution in [3.8, 4) is 0 Å². The van der Waals surface area contributed by atoms with Gasteiger partial charge in [-0.25, -0.2) is 8.42 Å². The first-order chi connectivity index (χ1) is 12.4. The van der Waals surface area contributed by atoms with Crippen LogP contribution in [0.1, 0.15) is 22.3 Å². The lowest BCUT2D eigenvalue weighted by atomic mass is 10.0. The largest absolute Gasteiger partial charge is 0.379 e. The zero-order chi connectivity index (χ0) is 18.7. The number of morpholine rings is 1. The van der Waals surface area contributed by atoms with E-state index in [4.69, 9.17) is 4.74 Å². The molecular formula is C20H24N2O3S. The third-order valence-corrected chi connectivity index (χ3v) is 6.44. The molecule has 1 aliphatic rings. The highest BCUT2D eigenvalue weighted by Crippen LogP contribution is 2.21. The van der Waals surface area contributed by atoms with Crippen LogP contribution in [-0.4, -0.2) is 45.2 Å². The molecule has 2 aromatic carbocycles. The topological polar surface area (TPSA) is 59.0 Å². The average molecular weight is 372 g/mol. The predicted octanol–water partition coefficient (Wildman–Crippen LogP) is 3.38. The molecule has 0 aromatic heterocycles. The molecule has 1 heterocycles. The Labute approximate surface area is 155 Å². The van der Waals surface area contributed by atoms with Gasteiger partial charge in [-0.1, -0.05) is 17.7 Å². The minimum absolute atomic E-state index is 0.293. The molecule has 0 unspecified atom stereocenters. The molecule has 3 rings (SSSR count). The highest BCUT2D eigenvalue weighted by atomic mass is 32.2. The van der Waals surface area contributed by atoms with Crippen molar-refractivity contribution >= 4 is 21.9 Å². The molecular weight excluding hydrogens is 348 g/mol. The van der Waals surface area contributed by atoms with E-state index in [1.165, 1.54) is 21.0 Å². The fourth-order valence-electron chi connectivity index (χ4n) is 3.17. The summed E-state index contributed by atoms with van der Waals surface area (Å²) in [6.07, 6.45) is 1.84. The molecule has 0 spiro atoms. The summed E-state index contributed by atoms with van der Waals surface area (Å²) in [7, 11) is -3.46. The minimum atomic E-state index is -3.46. The van der Waals surface area contributed by atoms with Crippen LogP contribution in [0.2, 0.25) is 0 Å². The second-order valence-electron chi connectivity index (χ2n) is 6.58. The summed E-state index contributed by atoms with van der Waals surface area (Å²) in [5.41, 5.74) is 5.41. The number of nitrogens with zero attached hydrogens (tertiary/aromatic N) is 2. The Morgan fingerprint density at radius 2 is 1.58 bits per heavy atom. The van der Waals surface area contributed by atoms with Crippen LogP contribution < -0.4 is 0 Å². The van der Waals surface area contributed by atoms with E-state index in [9.17, 15) is 8.42 Å². The van der Waals surface area contributed by atoms with Crippen LogP contribution in [0.25, 0.3) is 0 Å². The predicted molar refractivity (Wildman–Crippen MR) is 104 cm³/mol. The molecule has 0 aliphatic carbocycles. The Kier molecular flexibility index (Phi) is 5.55. The van der Waals surface area contributed by atoms with Crippen molar-refractivity contribution < 1.29 is 13.2 Å². The zero-order valence-electron chi connectivity index (χ0n) is 15.4. The third-order valence-electron chi connectivity index (χ3n) is 4.53. The van der Waals surface area contributed by atoms with Crippen molar-refractivity contribution in [2.24, 2.45) is 4.99 Å². The molecule has 0 N–H and O–H groups in total. The van der Waals surface area contributed by atoms with Crippen LogP contribution in [0.5, 0.6) is 0 Å². The molecule has 6 heteroatoms. The van der Waals surface area contributed by atoms with Gasteiger partial charge >= 0.3 is 0 Å². The van der Waals surface area contributed by atoms with E-state index in [0.717, 1.165) is 11.3 Å². The molecule has 5 nitrogen and oxygen atoms in total. The number of hydrogen-bond acceptors (Lipinski definition) is 4. The van der Waals surface area contributed by atoms with Crippen LogP contribution in [-0.2, 0) is 14.8 Å². The minimum Gasteiger partial charge on any atom is -0.379 e. The maximum Gasteiger partial charge on any atom is 0.243 e. The van der Waals surface area contributed by atoms with E-state index in [2.05, 4.69) is 37.9 Å². The second kappa shape index (κ2) is 7.70. The third kappa shape index (κ3) is 4.03. The monoisotopic (exact) mass is 372 g/mol. The summed E-state index contributed by atoms with van der Waals surface area (Å²) in [4.78, 5) is 4.80. The average Bonchev–Trinajstić information content (AvgIpc) is 2.62. The van der Waals surface area contributed by atoms with E-state index in [1.807, 2.05) is 6.21 Å². The van der Waals surface area contributed by atoms with E-state index in [0.29, 0.717) is 31.2 Å². The first kappa shape index (κ1) is 18.8. The Morgan fingerprint density at radius 3 is 2.15 bits per heavy atom. The van der Waals surface area contributed by atoms with Gasteiger partial charge in [0.1, 0.15) is 0 Å². The number of hydrogen-bond donors (Lipinski definition) is 0. The van der Waals surface area contributed by atoms with Gasteiger partial charge in [0.25, 0.3) is 0 Å². The maximum absolute atomic E-state index is 12.6. The van der Waals surface area contributed by atoms with Crippen LogP contribution in [0, 0.1) is 20.8 Å². The molecule has 1 saturated heterocycles. The molecule has 26 heavy (non-hydrogen) atoms. The van der Waals surface area contributed by atoms with Gasteiger partial charge < -0.3 is 4.74 Å². The summed E-state index contributed by atoms with van der Waals surface area (Å²) in [5.74, 6) is 0. The Hall–Kier alpha value is -2.02. The molecule has 0 amide bonds. The van der Waals surface area contributed by atoms with E-state index >= 15 is 0 Å². The van der Waals surface area contributed by atoms with Gasteiger partial charge in [0.15, 0.2) is 0 Å². The number of sulfonamides is 1. The van der Waals surface area contributed by atoms with Gasteiger partial charge in [0.05, 0.1) is 23.8 Å². The number of aliphatic imine (C=N–C) groups is 1. The number of benzene rings is 2. The molecule has 1 fully saturated rings. The lowest BCUT2D eigenvalue weighted by Crippen LogP contribution is -2.40. The molecule has 0 saturated carbocycles. The normalized spacial score (nSPS) is 16.3. The van der Waals surface area contributed by atoms with Gasteiger partial charge in [-0.2, -0.15) is 4.31 Å². The lowest BCUT2D eigenvalue weighted by Gasteiger charge is -2.26. The van der Waals surface area contributed by atoms with Gasteiger partial charge in [-0.15, -0.1) is 0 Å². The molecule has 0 radical (unpaired) electrons. The van der Waals surface area contributed by atoms with Gasteiger partial charge in [0, 0.05) is 19.3 Å². The van der Waals surface area contributed by atoms with Crippen LogP contribution in [0.3, 0.4) is 0 Å². The van der Waals surface area contributed by atoms with Crippen molar-refractivity contribution in [1.82, 2.24) is 4.31 Å². The van der Waals surface area contributed by atoms with Crippen LogP contribution in [0.4, 0.5) is 5.69 Å². The van der Waals surface area contributed by atoms with Crippen molar-refractivity contribution in [3.63, 3.8) is 0 Å². The standard InChI is InChI=1S/C20H24N2O3S/c1-15-12-16(2)20(17(3)13-15)14-21-18-4-6-19(7-5-18)26(23,24)22-8-10-25-11-9-22/h4-7,12-14H,8-11H2,1-3H3. The van der Waals surface area contributed by atoms with E-state index < -0.39 is 10.0 Å². The summed E-state index contributed by atoms with van der Waals surface area (Å²) < 4.78 is 32.0. The Balaban J connectivity index is 1.80. The fourth-order valence-corrected chi connectivity index (χ4v) is 4.58. The van der Waals surface area contributed by atoms with E-state index in [-0.39, 0.29) is 0 Å². The molecule has 2 aromatic rings. The first-order valence-corrected chi connectivity index (χ1v) is 10.1. The zero-order valence-corrected chi connectivity index (χ0v) is 16.2. The second-order valence-corrected chi connectivity index (χ2v) is 8.52. The van der Waals surface area contributed by atoms with E-state index in [1.54, 1.807) is 24.3 Å². The number of aryl methyl sites for hydroxylation is 3. The fraction of sp³-hybridized carbons (Fsp3) is 0.350. The summed E-state index contributed by atoms with van der Waals surface area (Å²) in [6, 6.07) is 11.0. The first-order valence-electron chi connectivity index (χ1n) is 8.68. The van der Waals surface area contributed by atoms with Crippen LogP contribution in [0.15, 0.2) is 46.3 Å². The van der Waals surface area contributed by atoms with Crippen molar-refractivity contribution in [1.29, 1.82) is 0 Å². The molecule has 0 atom stereocenters. The Bertz CT molecular complexity index is 890. The summed E-state index contributed by atoms with van der Waals surface area (Å²) in [6.45, 7) is 7.89. The molecule has 1 aliphatic heterocycles.